The third-order valence-electron chi connectivity index (χ3n) is 6.44. The summed E-state index contributed by atoms with van der Waals surface area (Å²) in [7, 11) is -9.19. The molecule has 1 aliphatic carbocycles. The number of fused-ring (bicyclic) bond motifs is 3. The molecule has 3 aromatic carbocycles. The van der Waals surface area contributed by atoms with Gasteiger partial charge in [-0.3, -0.25) is 9.11 Å². The second-order valence-electron chi connectivity index (χ2n) is 10.7. The second-order valence-corrected chi connectivity index (χ2v) is 13.5. The van der Waals surface area contributed by atoms with Crippen LogP contribution in [-0.4, -0.2) is 61.4 Å². The molecule has 0 heterocycles. The average Bonchev–Trinajstić information content (AvgIpc) is 3.18. The van der Waals surface area contributed by atoms with Crippen molar-refractivity contribution < 1.29 is 50.1 Å². The molecule has 42 heavy (non-hydrogen) atoms. The van der Waals surface area contributed by atoms with E-state index in [2.05, 4.69) is 5.32 Å². The van der Waals surface area contributed by atoms with Crippen LogP contribution >= 0.6 is 0 Å². The zero-order valence-corrected chi connectivity index (χ0v) is 24.4. The summed E-state index contributed by atoms with van der Waals surface area (Å²) >= 11 is 0. The molecule has 1 aliphatic rings. The Balaban J connectivity index is 1.54. The molecule has 0 saturated heterocycles. The van der Waals surface area contributed by atoms with Crippen LogP contribution in [0, 0.1) is 0 Å². The van der Waals surface area contributed by atoms with Crippen LogP contribution in [0.25, 0.3) is 11.1 Å². The maximum Gasteiger partial charge on any atom is 0.407 e. The van der Waals surface area contributed by atoms with Gasteiger partial charge >= 0.3 is 12.1 Å². The van der Waals surface area contributed by atoms with Crippen molar-refractivity contribution in [1.82, 2.24) is 5.32 Å². The van der Waals surface area contributed by atoms with Gasteiger partial charge in [-0.25, -0.2) is 9.59 Å². The number of carbonyl (C=O) groups excluding carboxylic acids is 1. The summed E-state index contributed by atoms with van der Waals surface area (Å²) in [5, 5.41) is 12.0. The molecule has 1 amide bonds. The minimum atomic E-state index is -4.59. The Morgan fingerprint density at radius 2 is 1.36 bits per heavy atom. The molecular formula is C28H29NO11S2. The minimum absolute atomic E-state index is 0.0647. The number of nitrogens with one attached hydrogen (secondary N) is 1. The first-order valence-corrected chi connectivity index (χ1v) is 15.5. The van der Waals surface area contributed by atoms with Gasteiger partial charge in [-0.05, 0) is 85.0 Å². The fourth-order valence-electron chi connectivity index (χ4n) is 4.64. The quantitative estimate of drug-likeness (QED) is 0.254. The zero-order valence-electron chi connectivity index (χ0n) is 22.8. The summed E-state index contributed by atoms with van der Waals surface area (Å²) in [5.74, 6) is -1.62. The van der Waals surface area contributed by atoms with Gasteiger partial charge in [0, 0.05) is 12.3 Å². The fourth-order valence-corrected chi connectivity index (χ4v) is 5.67. The van der Waals surface area contributed by atoms with E-state index in [9.17, 15) is 40.6 Å². The Hall–Kier alpha value is -3.98. The fraction of sp³-hybridized carbons (Fsp3) is 0.286. The predicted molar refractivity (Wildman–Crippen MR) is 150 cm³/mol. The van der Waals surface area contributed by atoms with Crippen molar-refractivity contribution in [2.45, 2.75) is 54.5 Å². The van der Waals surface area contributed by atoms with Crippen LogP contribution in [0.1, 0.15) is 43.4 Å². The number of aliphatic carboxylic acids is 1. The molecule has 4 N–H and O–H groups in total. The summed E-state index contributed by atoms with van der Waals surface area (Å²) in [4.78, 5) is 23.7. The number of alkyl carbamates (subject to hydrolysis) is 1. The standard InChI is InChI=1S/C28H29NO11S2/c1-28(2,3)40-17-6-4-16(5-7-17)12-25(26(30)31)29-27(32)39-15-24-22-13-18(41(33,34)35)8-10-20(22)21-11-9-19(14-23(21)24)42(36,37)38/h4-11,13-14,24-25H,12,15H2,1-3H3,(H,29,32)(H,30,31)(H,33,34,35)(H,36,37,38)/t25-/m0/s1. The summed E-state index contributed by atoms with van der Waals surface area (Å²) in [5.41, 5.74) is 1.81. The molecule has 0 radical (unpaired) electrons. The van der Waals surface area contributed by atoms with Gasteiger partial charge in [0.2, 0.25) is 0 Å². The van der Waals surface area contributed by atoms with E-state index in [4.69, 9.17) is 9.47 Å². The summed E-state index contributed by atoms with van der Waals surface area (Å²) in [6.45, 7) is 5.22. The van der Waals surface area contributed by atoms with E-state index in [-0.39, 0.29) is 6.42 Å². The van der Waals surface area contributed by atoms with Crippen molar-refractivity contribution in [2.75, 3.05) is 6.61 Å². The Morgan fingerprint density at radius 3 is 1.79 bits per heavy atom. The largest absolute Gasteiger partial charge is 0.488 e. The molecule has 0 aliphatic heterocycles. The second kappa shape index (κ2) is 11.4. The monoisotopic (exact) mass is 619 g/mol. The van der Waals surface area contributed by atoms with Gasteiger partial charge in [-0.2, -0.15) is 16.8 Å². The number of amides is 1. The number of carboxylic acid groups (broad SMARTS) is 1. The molecule has 0 unspecified atom stereocenters. The van der Waals surface area contributed by atoms with Gasteiger partial charge in [0.05, 0.1) is 9.79 Å². The van der Waals surface area contributed by atoms with E-state index in [1.165, 1.54) is 36.4 Å². The zero-order chi connectivity index (χ0) is 31.0. The smallest absolute Gasteiger partial charge is 0.407 e. The van der Waals surface area contributed by atoms with Gasteiger partial charge in [-0.15, -0.1) is 0 Å². The van der Waals surface area contributed by atoms with Crippen LogP contribution in [0.5, 0.6) is 5.75 Å². The lowest BCUT2D eigenvalue weighted by atomic mass is 9.98. The van der Waals surface area contributed by atoms with Gasteiger partial charge in [-0.1, -0.05) is 24.3 Å². The molecule has 1 atom stereocenters. The highest BCUT2D eigenvalue weighted by Crippen LogP contribution is 2.46. The Kier molecular flexibility index (Phi) is 8.38. The molecule has 12 nitrogen and oxygen atoms in total. The predicted octanol–water partition coefficient (Wildman–Crippen LogP) is 3.89. The van der Waals surface area contributed by atoms with Crippen LogP contribution in [0.4, 0.5) is 4.79 Å². The van der Waals surface area contributed by atoms with E-state index < -0.39 is 66.3 Å². The number of rotatable bonds is 9. The van der Waals surface area contributed by atoms with E-state index in [1.54, 1.807) is 24.3 Å². The number of carboxylic acids is 1. The van der Waals surface area contributed by atoms with Gasteiger partial charge in [0.15, 0.2) is 0 Å². The summed E-state index contributed by atoms with van der Waals surface area (Å²) in [6.07, 6.45) is -1.15. The first kappa shape index (κ1) is 31.0. The highest BCUT2D eigenvalue weighted by Gasteiger charge is 2.33. The molecule has 0 saturated carbocycles. The Labute approximate surface area is 242 Å². The lowest BCUT2D eigenvalue weighted by molar-refractivity contribution is -0.139. The van der Waals surface area contributed by atoms with Crippen LogP contribution < -0.4 is 10.1 Å². The van der Waals surface area contributed by atoms with Crippen molar-refractivity contribution in [3.05, 3.63) is 77.4 Å². The Bertz CT molecular complexity index is 1660. The number of hydrogen-bond donors (Lipinski definition) is 4. The molecule has 0 aromatic heterocycles. The van der Waals surface area contributed by atoms with Crippen molar-refractivity contribution in [3.8, 4) is 16.9 Å². The van der Waals surface area contributed by atoms with Gasteiger partial charge < -0.3 is 19.9 Å². The first-order chi connectivity index (χ1) is 19.4. The van der Waals surface area contributed by atoms with E-state index in [0.717, 1.165) is 0 Å². The maximum absolute atomic E-state index is 12.7. The van der Waals surface area contributed by atoms with E-state index in [1.807, 2.05) is 20.8 Å². The molecule has 0 fully saturated rings. The van der Waals surface area contributed by atoms with Crippen LogP contribution in [-0.2, 0) is 36.2 Å². The van der Waals surface area contributed by atoms with Crippen molar-refractivity contribution in [2.24, 2.45) is 0 Å². The highest BCUT2D eigenvalue weighted by molar-refractivity contribution is 7.86. The number of benzene rings is 3. The lowest BCUT2D eigenvalue weighted by Crippen LogP contribution is -2.42. The van der Waals surface area contributed by atoms with E-state index in [0.29, 0.717) is 33.6 Å². The topological polar surface area (TPSA) is 194 Å². The highest BCUT2D eigenvalue weighted by atomic mass is 32.2. The molecule has 224 valence electrons. The third-order valence-corrected chi connectivity index (χ3v) is 8.14. The summed E-state index contributed by atoms with van der Waals surface area (Å²) in [6, 6.07) is 12.9. The molecule has 14 heteroatoms. The normalized spacial score (nSPS) is 14.0. The molecule has 0 spiro atoms. The number of carbonyl (C=O) groups is 2. The van der Waals surface area contributed by atoms with Gasteiger partial charge in [0.25, 0.3) is 20.2 Å². The maximum atomic E-state index is 12.7. The molecule has 0 bridgehead atoms. The average molecular weight is 620 g/mol. The lowest BCUT2D eigenvalue weighted by Gasteiger charge is -2.21. The summed E-state index contributed by atoms with van der Waals surface area (Å²) < 4.78 is 77.2. The van der Waals surface area contributed by atoms with Crippen LogP contribution in [0.3, 0.4) is 0 Å². The Morgan fingerprint density at radius 1 is 0.857 bits per heavy atom. The van der Waals surface area contributed by atoms with Crippen molar-refractivity contribution in [1.29, 1.82) is 0 Å². The van der Waals surface area contributed by atoms with E-state index >= 15 is 0 Å². The molecule has 3 aromatic rings. The van der Waals surface area contributed by atoms with Gasteiger partial charge in [0.1, 0.15) is 24.0 Å². The number of hydrogen-bond acceptors (Lipinski definition) is 8. The van der Waals surface area contributed by atoms with Crippen LogP contribution in [0.15, 0.2) is 70.5 Å². The molecule has 4 rings (SSSR count). The number of ether oxygens (including phenoxy) is 2. The van der Waals surface area contributed by atoms with Crippen molar-refractivity contribution >= 4 is 32.3 Å². The van der Waals surface area contributed by atoms with Crippen LogP contribution in [0.2, 0.25) is 0 Å². The van der Waals surface area contributed by atoms with Crippen molar-refractivity contribution in [3.63, 3.8) is 0 Å². The molecular weight excluding hydrogens is 590 g/mol. The third kappa shape index (κ3) is 7.26. The SMILES string of the molecule is CC(C)(C)Oc1ccc(C[C@H](NC(=O)OCC2c3cc(S(=O)(=O)O)ccc3-c3ccc(S(=O)(=O)O)cc32)C(=O)O)cc1. The first-order valence-electron chi connectivity index (χ1n) is 12.6. The minimum Gasteiger partial charge on any atom is -0.488 e.